The number of unbranched alkanes of at least 4 members (excludes halogenated alkanes) is 1. The largest absolute Gasteiger partial charge is 0.466 e. The molecule has 1 aliphatic rings. The van der Waals surface area contributed by atoms with E-state index in [0.29, 0.717) is 30.9 Å². The van der Waals surface area contributed by atoms with Gasteiger partial charge in [-0.15, -0.1) is 0 Å². The Bertz CT molecular complexity index is 950. The van der Waals surface area contributed by atoms with E-state index in [0.717, 1.165) is 44.6 Å². The number of ether oxygens (including phenoxy) is 1. The van der Waals surface area contributed by atoms with E-state index >= 15 is 0 Å². The standard InChI is InChI=1S/C19H29N5O4/c1-4-6-9-24-16-15(17(25)21-19(24)27)22(3)14(20-16)12-23-10-7-13(8-11-23)18(26)28-5-2/h13H,4-12H2,1-3H3,(H,21,25,27). The van der Waals surface area contributed by atoms with E-state index < -0.39 is 11.2 Å². The van der Waals surface area contributed by atoms with Crippen molar-refractivity contribution in [3.63, 3.8) is 0 Å². The van der Waals surface area contributed by atoms with Crippen molar-refractivity contribution in [3.8, 4) is 0 Å². The third-order valence-electron chi connectivity index (χ3n) is 5.41. The summed E-state index contributed by atoms with van der Waals surface area (Å²) in [6, 6.07) is 0. The van der Waals surface area contributed by atoms with Gasteiger partial charge in [-0.1, -0.05) is 13.3 Å². The average molecular weight is 391 g/mol. The molecule has 3 heterocycles. The van der Waals surface area contributed by atoms with Gasteiger partial charge in [0.1, 0.15) is 5.82 Å². The van der Waals surface area contributed by atoms with Gasteiger partial charge in [0.05, 0.1) is 19.1 Å². The number of aryl methyl sites for hydroxylation is 2. The van der Waals surface area contributed by atoms with Crippen LogP contribution < -0.4 is 11.2 Å². The zero-order valence-corrected chi connectivity index (χ0v) is 16.9. The molecular weight excluding hydrogens is 362 g/mol. The topological polar surface area (TPSA) is 102 Å². The van der Waals surface area contributed by atoms with Crippen LogP contribution >= 0.6 is 0 Å². The molecule has 0 atom stereocenters. The monoisotopic (exact) mass is 391 g/mol. The number of carbonyl (C=O) groups excluding carboxylic acids is 1. The third kappa shape index (κ3) is 4.04. The van der Waals surface area contributed by atoms with Crippen LogP contribution in [0, 0.1) is 5.92 Å². The molecule has 1 aliphatic heterocycles. The van der Waals surface area contributed by atoms with Crippen molar-refractivity contribution in [3.05, 3.63) is 26.7 Å². The fourth-order valence-corrected chi connectivity index (χ4v) is 3.74. The number of H-pyrrole nitrogens is 1. The van der Waals surface area contributed by atoms with Gasteiger partial charge >= 0.3 is 11.7 Å². The Labute approximate surface area is 163 Å². The summed E-state index contributed by atoms with van der Waals surface area (Å²) in [6.45, 7) is 6.93. The number of carbonyl (C=O) groups is 1. The normalized spacial score (nSPS) is 16.0. The lowest BCUT2D eigenvalue weighted by Crippen LogP contribution is -2.37. The number of aromatic nitrogens is 4. The quantitative estimate of drug-likeness (QED) is 0.707. The molecule has 0 bridgehead atoms. The highest BCUT2D eigenvalue weighted by Gasteiger charge is 2.27. The van der Waals surface area contributed by atoms with E-state index in [2.05, 4.69) is 21.8 Å². The Morgan fingerprint density at radius 3 is 2.61 bits per heavy atom. The van der Waals surface area contributed by atoms with E-state index in [-0.39, 0.29) is 11.9 Å². The fraction of sp³-hybridized carbons (Fsp3) is 0.684. The number of likely N-dealkylation sites (tertiary alicyclic amines) is 1. The number of aromatic amines is 1. The number of hydrogen-bond acceptors (Lipinski definition) is 6. The Morgan fingerprint density at radius 1 is 1.25 bits per heavy atom. The first-order valence-corrected chi connectivity index (χ1v) is 10.0. The maximum atomic E-state index is 12.3. The zero-order valence-electron chi connectivity index (χ0n) is 16.9. The Hall–Kier alpha value is -2.42. The lowest BCUT2D eigenvalue weighted by Gasteiger charge is -2.30. The van der Waals surface area contributed by atoms with Crippen LogP contribution in [0.4, 0.5) is 0 Å². The number of fused-ring (bicyclic) bond motifs is 1. The predicted octanol–water partition coefficient (Wildman–Crippen LogP) is 0.999. The summed E-state index contributed by atoms with van der Waals surface area (Å²) in [6.07, 6.45) is 3.30. The molecule has 1 N–H and O–H groups in total. The number of rotatable bonds is 7. The number of piperidine rings is 1. The summed E-state index contributed by atoms with van der Waals surface area (Å²) in [5.74, 6) is 0.584. The van der Waals surface area contributed by atoms with Crippen LogP contribution in [0.1, 0.15) is 45.4 Å². The summed E-state index contributed by atoms with van der Waals surface area (Å²) < 4.78 is 8.44. The number of nitrogens with one attached hydrogen (secondary N) is 1. The first-order valence-electron chi connectivity index (χ1n) is 10.0. The van der Waals surface area contributed by atoms with Crippen LogP contribution in [0.3, 0.4) is 0 Å². The fourth-order valence-electron chi connectivity index (χ4n) is 3.74. The minimum absolute atomic E-state index is 0.0429. The van der Waals surface area contributed by atoms with Gasteiger partial charge in [0.15, 0.2) is 11.2 Å². The molecule has 9 heteroatoms. The van der Waals surface area contributed by atoms with Crippen molar-refractivity contribution in [1.29, 1.82) is 0 Å². The van der Waals surface area contributed by atoms with Gasteiger partial charge in [0, 0.05) is 13.6 Å². The number of imidazole rings is 1. The van der Waals surface area contributed by atoms with Crippen LogP contribution in [0.15, 0.2) is 9.59 Å². The molecular formula is C19H29N5O4. The van der Waals surface area contributed by atoms with Gasteiger partial charge in [0.25, 0.3) is 5.56 Å². The Kier molecular flexibility index (Phi) is 6.33. The van der Waals surface area contributed by atoms with Crippen molar-refractivity contribution in [1.82, 2.24) is 24.0 Å². The Balaban J connectivity index is 1.80. The van der Waals surface area contributed by atoms with E-state index in [4.69, 9.17) is 4.74 Å². The first kappa shape index (κ1) is 20.3. The molecule has 0 saturated carbocycles. The molecule has 1 fully saturated rings. The summed E-state index contributed by atoms with van der Waals surface area (Å²) in [7, 11) is 1.81. The van der Waals surface area contributed by atoms with E-state index in [1.54, 1.807) is 16.2 Å². The molecule has 0 spiro atoms. The highest BCUT2D eigenvalue weighted by atomic mass is 16.5. The Morgan fingerprint density at radius 2 is 1.96 bits per heavy atom. The average Bonchev–Trinajstić information content (AvgIpc) is 2.99. The van der Waals surface area contributed by atoms with Crippen molar-refractivity contribution in [2.45, 2.75) is 52.6 Å². The lowest BCUT2D eigenvalue weighted by atomic mass is 9.97. The second-order valence-corrected chi connectivity index (χ2v) is 7.33. The number of esters is 1. The molecule has 2 aromatic rings. The van der Waals surface area contributed by atoms with Gasteiger partial charge < -0.3 is 9.30 Å². The third-order valence-corrected chi connectivity index (χ3v) is 5.41. The van der Waals surface area contributed by atoms with Crippen molar-refractivity contribution < 1.29 is 9.53 Å². The van der Waals surface area contributed by atoms with Gasteiger partial charge in [-0.05, 0) is 39.3 Å². The molecule has 3 rings (SSSR count). The van der Waals surface area contributed by atoms with Crippen LogP contribution in [0.2, 0.25) is 0 Å². The smallest absolute Gasteiger partial charge is 0.330 e. The van der Waals surface area contributed by atoms with Gasteiger partial charge in [0.2, 0.25) is 0 Å². The van der Waals surface area contributed by atoms with Gasteiger partial charge in [-0.25, -0.2) is 9.78 Å². The second kappa shape index (κ2) is 8.72. The highest BCUT2D eigenvalue weighted by Crippen LogP contribution is 2.21. The SMILES string of the molecule is CCCCn1c(=O)[nH]c(=O)c2c1nc(CN1CCC(C(=O)OCC)CC1)n2C. The van der Waals surface area contributed by atoms with Crippen molar-refractivity contribution in [2.24, 2.45) is 13.0 Å². The van der Waals surface area contributed by atoms with Crippen molar-refractivity contribution in [2.75, 3.05) is 19.7 Å². The van der Waals surface area contributed by atoms with Crippen LogP contribution in [0.25, 0.3) is 11.2 Å². The van der Waals surface area contributed by atoms with Gasteiger partial charge in [-0.3, -0.25) is 24.0 Å². The summed E-state index contributed by atoms with van der Waals surface area (Å²) in [4.78, 5) is 45.7. The molecule has 2 aromatic heterocycles. The molecule has 0 aromatic carbocycles. The molecule has 9 nitrogen and oxygen atoms in total. The molecule has 0 amide bonds. The maximum Gasteiger partial charge on any atom is 0.330 e. The molecule has 1 saturated heterocycles. The molecule has 0 unspecified atom stereocenters. The van der Waals surface area contributed by atoms with Crippen molar-refractivity contribution >= 4 is 17.1 Å². The maximum absolute atomic E-state index is 12.3. The van der Waals surface area contributed by atoms with E-state index in [1.165, 1.54) is 0 Å². The summed E-state index contributed by atoms with van der Waals surface area (Å²) >= 11 is 0. The number of hydrogen-bond donors (Lipinski definition) is 1. The molecule has 0 radical (unpaired) electrons. The lowest BCUT2D eigenvalue weighted by molar-refractivity contribution is -0.149. The molecule has 28 heavy (non-hydrogen) atoms. The zero-order chi connectivity index (χ0) is 20.3. The van der Waals surface area contributed by atoms with E-state index in [1.807, 2.05) is 6.92 Å². The highest BCUT2D eigenvalue weighted by molar-refractivity contribution is 5.72. The van der Waals surface area contributed by atoms with Crippen LogP contribution in [0.5, 0.6) is 0 Å². The summed E-state index contributed by atoms with van der Waals surface area (Å²) in [5.41, 5.74) is 0.0501. The van der Waals surface area contributed by atoms with Crippen LogP contribution in [-0.2, 0) is 29.7 Å². The first-order chi connectivity index (χ1) is 13.5. The van der Waals surface area contributed by atoms with E-state index in [9.17, 15) is 14.4 Å². The van der Waals surface area contributed by atoms with Gasteiger partial charge in [-0.2, -0.15) is 0 Å². The summed E-state index contributed by atoms with van der Waals surface area (Å²) in [5, 5.41) is 0. The molecule has 154 valence electrons. The minimum Gasteiger partial charge on any atom is -0.466 e. The second-order valence-electron chi connectivity index (χ2n) is 7.33. The molecule has 0 aliphatic carbocycles. The minimum atomic E-state index is -0.411. The predicted molar refractivity (Wildman–Crippen MR) is 105 cm³/mol. The number of nitrogens with zero attached hydrogens (tertiary/aromatic N) is 4. The van der Waals surface area contributed by atoms with Crippen LogP contribution in [-0.4, -0.2) is 49.7 Å².